The van der Waals surface area contributed by atoms with E-state index < -0.39 is 6.04 Å². The number of anilines is 1. The van der Waals surface area contributed by atoms with Crippen LogP contribution < -0.4 is 11.1 Å². The Balaban J connectivity index is 2.81. The zero-order chi connectivity index (χ0) is 13.0. The third-order valence-corrected chi connectivity index (χ3v) is 3.16. The van der Waals surface area contributed by atoms with Gasteiger partial charge in [-0.25, -0.2) is 0 Å². The van der Waals surface area contributed by atoms with Gasteiger partial charge in [-0.2, -0.15) is 0 Å². The molecule has 17 heavy (non-hydrogen) atoms. The highest BCUT2D eigenvalue weighted by Crippen LogP contribution is 2.18. The molecule has 1 rings (SSSR count). The van der Waals surface area contributed by atoms with Gasteiger partial charge in [-0.05, 0) is 31.4 Å². The van der Waals surface area contributed by atoms with E-state index >= 15 is 0 Å². The average Bonchev–Trinajstić information content (AvgIpc) is 2.31. The van der Waals surface area contributed by atoms with Gasteiger partial charge in [0.15, 0.2) is 0 Å². The number of hydrogen-bond acceptors (Lipinski definition) is 3. The van der Waals surface area contributed by atoms with E-state index in [9.17, 15) is 4.79 Å². The van der Waals surface area contributed by atoms with Crippen LogP contribution in [0.3, 0.4) is 0 Å². The van der Waals surface area contributed by atoms with Gasteiger partial charge in [0.25, 0.3) is 0 Å². The predicted octanol–water partition coefficient (Wildman–Crippen LogP) is 2.01. The summed E-state index contributed by atoms with van der Waals surface area (Å²) in [6.45, 7) is 7.82. The van der Waals surface area contributed by atoms with E-state index in [0.29, 0.717) is 0 Å². The maximum Gasteiger partial charge on any atom is 0.241 e. The first-order valence-electron chi connectivity index (χ1n) is 5.96. The maximum absolute atomic E-state index is 12.0. The van der Waals surface area contributed by atoms with Crippen LogP contribution in [0.5, 0.6) is 0 Å². The molecule has 1 aromatic rings. The molecule has 0 radical (unpaired) electrons. The zero-order valence-electron chi connectivity index (χ0n) is 10.9. The number of rotatable bonds is 4. The molecule has 0 aliphatic carbocycles. The quantitative estimate of drug-likeness (QED) is 0.838. The summed E-state index contributed by atoms with van der Waals surface area (Å²) in [5, 5.41) is 2.87. The number of carbonyl (C=O) groups excluding carboxylic acids is 1. The molecule has 1 aromatic heterocycles. The van der Waals surface area contributed by atoms with Crippen LogP contribution in [0.4, 0.5) is 5.69 Å². The van der Waals surface area contributed by atoms with Crippen LogP contribution in [0, 0.1) is 19.8 Å². The summed E-state index contributed by atoms with van der Waals surface area (Å²) >= 11 is 0. The Kier molecular flexibility index (Phi) is 4.63. The van der Waals surface area contributed by atoms with Crippen molar-refractivity contribution in [3.8, 4) is 0 Å². The van der Waals surface area contributed by atoms with Crippen LogP contribution in [-0.2, 0) is 4.79 Å². The van der Waals surface area contributed by atoms with Gasteiger partial charge in [0.1, 0.15) is 0 Å². The van der Waals surface area contributed by atoms with Crippen molar-refractivity contribution in [1.82, 2.24) is 4.98 Å². The van der Waals surface area contributed by atoms with E-state index in [4.69, 9.17) is 5.73 Å². The molecule has 0 bridgehead atoms. The van der Waals surface area contributed by atoms with E-state index in [1.165, 1.54) is 0 Å². The van der Waals surface area contributed by atoms with Crippen LogP contribution in [0.15, 0.2) is 12.3 Å². The van der Waals surface area contributed by atoms with Crippen molar-refractivity contribution in [2.75, 3.05) is 5.32 Å². The normalized spacial score (nSPS) is 14.2. The summed E-state index contributed by atoms with van der Waals surface area (Å²) < 4.78 is 0. The number of nitrogens with one attached hydrogen (secondary N) is 1. The third kappa shape index (κ3) is 3.27. The van der Waals surface area contributed by atoms with Gasteiger partial charge in [0, 0.05) is 6.20 Å². The lowest BCUT2D eigenvalue weighted by molar-refractivity contribution is -0.118. The number of aromatic nitrogens is 1. The maximum atomic E-state index is 12.0. The summed E-state index contributed by atoms with van der Waals surface area (Å²) in [7, 11) is 0. The summed E-state index contributed by atoms with van der Waals surface area (Å²) in [5.41, 5.74) is 8.48. The Labute approximate surface area is 103 Å². The average molecular weight is 235 g/mol. The molecular weight excluding hydrogens is 214 g/mol. The molecule has 94 valence electrons. The fraction of sp³-hybridized carbons (Fsp3) is 0.538. The first-order chi connectivity index (χ1) is 7.97. The van der Waals surface area contributed by atoms with Gasteiger partial charge in [-0.15, -0.1) is 0 Å². The number of amides is 1. The number of pyridine rings is 1. The highest BCUT2D eigenvalue weighted by molar-refractivity contribution is 5.95. The van der Waals surface area contributed by atoms with Crippen molar-refractivity contribution in [2.24, 2.45) is 11.7 Å². The molecular formula is C13H21N3O. The van der Waals surface area contributed by atoms with E-state index in [1.54, 1.807) is 6.20 Å². The standard InChI is InChI=1S/C13H21N3O/c1-5-8(2)11(14)13(17)16-12-9(3)6-7-15-10(12)4/h6-8,11H,5,14H2,1-4H3,(H,16,17)/t8-,11-/m0/s1. The van der Waals surface area contributed by atoms with Crippen molar-refractivity contribution >= 4 is 11.6 Å². The summed E-state index contributed by atoms with van der Waals surface area (Å²) in [5.74, 6) is 0.0332. The SMILES string of the molecule is CC[C@H](C)[C@H](N)C(=O)Nc1c(C)ccnc1C. The Morgan fingerprint density at radius 2 is 2.18 bits per heavy atom. The molecule has 0 saturated carbocycles. The molecule has 3 N–H and O–H groups in total. The molecule has 0 fully saturated rings. The molecule has 2 atom stereocenters. The van der Waals surface area contributed by atoms with Crippen LogP contribution in [0.1, 0.15) is 31.5 Å². The first-order valence-corrected chi connectivity index (χ1v) is 5.96. The molecule has 0 aliphatic rings. The van der Waals surface area contributed by atoms with Gasteiger partial charge in [-0.1, -0.05) is 20.3 Å². The Morgan fingerprint density at radius 3 is 2.71 bits per heavy atom. The molecule has 4 heteroatoms. The smallest absolute Gasteiger partial charge is 0.241 e. The highest BCUT2D eigenvalue weighted by Gasteiger charge is 2.20. The second-order valence-electron chi connectivity index (χ2n) is 4.49. The van der Waals surface area contributed by atoms with Gasteiger partial charge in [-0.3, -0.25) is 9.78 Å². The molecule has 0 aromatic carbocycles. The van der Waals surface area contributed by atoms with Crippen molar-refractivity contribution < 1.29 is 4.79 Å². The molecule has 0 aliphatic heterocycles. The third-order valence-electron chi connectivity index (χ3n) is 3.16. The van der Waals surface area contributed by atoms with Crippen molar-refractivity contribution in [3.05, 3.63) is 23.5 Å². The minimum atomic E-state index is -0.473. The van der Waals surface area contributed by atoms with Crippen LogP contribution >= 0.6 is 0 Å². The number of aryl methyl sites for hydroxylation is 2. The Bertz CT molecular complexity index is 383. The zero-order valence-corrected chi connectivity index (χ0v) is 10.9. The second kappa shape index (κ2) is 5.77. The van der Waals surface area contributed by atoms with E-state index in [2.05, 4.69) is 10.3 Å². The number of nitrogens with two attached hydrogens (primary N) is 1. The lowest BCUT2D eigenvalue weighted by Crippen LogP contribution is -2.40. The number of carbonyl (C=O) groups is 1. The highest BCUT2D eigenvalue weighted by atomic mass is 16.2. The molecule has 1 amide bonds. The molecule has 4 nitrogen and oxygen atoms in total. The Morgan fingerprint density at radius 1 is 1.53 bits per heavy atom. The van der Waals surface area contributed by atoms with Crippen molar-refractivity contribution in [1.29, 1.82) is 0 Å². The minimum absolute atomic E-state index is 0.140. The van der Waals surface area contributed by atoms with Crippen molar-refractivity contribution in [3.63, 3.8) is 0 Å². The summed E-state index contributed by atoms with van der Waals surface area (Å²) in [6.07, 6.45) is 2.62. The van der Waals surface area contributed by atoms with Crippen LogP contribution in [0.25, 0.3) is 0 Å². The number of nitrogens with zero attached hydrogens (tertiary/aromatic N) is 1. The van der Waals surface area contributed by atoms with Gasteiger partial charge in [0.2, 0.25) is 5.91 Å². The molecule has 0 unspecified atom stereocenters. The molecule has 1 heterocycles. The fourth-order valence-electron chi connectivity index (χ4n) is 1.60. The molecule has 0 saturated heterocycles. The van der Waals surface area contributed by atoms with E-state index in [1.807, 2.05) is 33.8 Å². The van der Waals surface area contributed by atoms with Gasteiger partial charge < -0.3 is 11.1 Å². The fourth-order valence-corrected chi connectivity index (χ4v) is 1.60. The van der Waals surface area contributed by atoms with E-state index in [0.717, 1.165) is 23.4 Å². The lowest BCUT2D eigenvalue weighted by atomic mass is 9.99. The minimum Gasteiger partial charge on any atom is -0.323 e. The van der Waals surface area contributed by atoms with Crippen LogP contribution in [0.2, 0.25) is 0 Å². The summed E-state index contributed by atoms with van der Waals surface area (Å²) in [6, 6.07) is 1.40. The van der Waals surface area contributed by atoms with Crippen molar-refractivity contribution in [2.45, 2.75) is 40.2 Å². The van der Waals surface area contributed by atoms with Gasteiger partial charge >= 0.3 is 0 Å². The number of hydrogen-bond donors (Lipinski definition) is 2. The topological polar surface area (TPSA) is 68.0 Å². The predicted molar refractivity (Wildman–Crippen MR) is 69.8 cm³/mol. The largest absolute Gasteiger partial charge is 0.323 e. The Hall–Kier alpha value is -1.42. The second-order valence-corrected chi connectivity index (χ2v) is 4.49. The monoisotopic (exact) mass is 235 g/mol. The van der Waals surface area contributed by atoms with E-state index in [-0.39, 0.29) is 11.8 Å². The molecule has 0 spiro atoms. The van der Waals surface area contributed by atoms with Gasteiger partial charge in [0.05, 0.1) is 17.4 Å². The summed E-state index contributed by atoms with van der Waals surface area (Å²) in [4.78, 5) is 16.1. The first kappa shape index (κ1) is 13.6. The lowest BCUT2D eigenvalue weighted by Gasteiger charge is -2.19. The van der Waals surface area contributed by atoms with Crippen LogP contribution in [-0.4, -0.2) is 16.9 Å².